The summed E-state index contributed by atoms with van der Waals surface area (Å²) >= 11 is 1.47. The number of aromatic nitrogens is 1. The maximum Gasteiger partial charge on any atom is 0.237 e. The van der Waals surface area contributed by atoms with Gasteiger partial charge in [-0.3, -0.25) is 4.79 Å². The number of benzene rings is 1. The third-order valence-electron chi connectivity index (χ3n) is 3.20. The second kappa shape index (κ2) is 6.76. The molecular weight excluding hydrogens is 280 g/mol. The Balaban J connectivity index is 2.02. The van der Waals surface area contributed by atoms with Crippen molar-refractivity contribution in [3.05, 3.63) is 53.2 Å². The highest BCUT2D eigenvalue weighted by Crippen LogP contribution is 2.23. The van der Waals surface area contributed by atoms with E-state index in [1.54, 1.807) is 0 Å². The van der Waals surface area contributed by atoms with Crippen molar-refractivity contribution in [3.8, 4) is 0 Å². The van der Waals surface area contributed by atoms with Crippen LogP contribution in [0.1, 0.15) is 23.6 Å². The summed E-state index contributed by atoms with van der Waals surface area (Å²) in [7, 11) is 0. The molecule has 1 aromatic heterocycles. The highest BCUT2D eigenvalue weighted by molar-refractivity contribution is 8.00. The molecule has 0 aliphatic heterocycles. The fraction of sp³-hybridized carbons (Fsp3) is 0.294. The van der Waals surface area contributed by atoms with Gasteiger partial charge in [0.05, 0.1) is 10.3 Å². The van der Waals surface area contributed by atoms with Crippen LogP contribution in [0.15, 0.2) is 41.6 Å². The average Bonchev–Trinajstić information content (AvgIpc) is 2.45. The first-order valence-electron chi connectivity index (χ1n) is 6.93. The number of nitrogens with one attached hydrogen (secondary N) is 1. The van der Waals surface area contributed by atoms with Gasteiger partial charge < -0.3 is 5.32 Å². The molecule has 110 valence electrons. The topological polar surface area (TPSA) is 42.0 Å². The van der Waals surface area contributed by atoms with Crippen molar-refractivity contribution in [2.45, 2.75) is 38.0 Å². The highest BCUT2D eigenvalue weighted by atomic mass is 32.2. The van der Waals surface area contributed by atoms with Gasteiger partial charge in [-0.05, 0) is 56.5 Å². The van der Waals surface area contributed by atoms with Gasteiger partial charge in [0.15, 0.2) is 0 Å². The standard InChI is InChI=1S/C17H20N2OS/c1-11-5-7-13(3)15(9-11)19-17(20)14(4)21-16-8-6-12(2)10-18-16/h5-10,14H,1-4H3,(H,19,20). The first-order valence-corrected chi connectivity index (χ1v) is 7.81. The van der Waals surface area contributed by atoms with E-state index in [4.69, 9.17) is 0 Å². The number of nitrogens with zero attached hydrogens (tertiary/aromatic N) is 1. The molecule has 0 radical (unpaired) electrons. The molecule has 2 aromatic rings. The van der Waals surface area contributed by atoms with Gasteiger partial charge in [0.25, 0.3) is 0 Å². The number of anilines is 1. The summed E-state index contributed by atoms with van der Waals surface area (Å²) in [6.45, 7) is 7.91. The van der Waals surface area contributed by atoms with Crippen LogP contribution in [0.5, 0.6) is 0 Å². The number of carbonyl (C=O) groups excluding carboxylic acids is 1. The Labute approximate surface area is 130 Å². The van der Waals surface area contributed by atoms with Crippen LogP contribution in [-0.2, 0) is 4.79 Å². The van der Waals surface area contributed by atoms with E-state index >= 15 is 0 Å². The van der Waals surface area contributed by atoms with Crippen molar-refractivity contribution >= 4 is 23.4 Å². The number of hydrogen-bond acceptors (Lipinski definition) is 3. The van der Waals surface area contributed by atoms with Crippen molar-refractivity contribution in [1.82, 2.24) is 4.98 Å². The Kier molecular flexibility index (Phi) is 5.02. The molecule has 0 saturated heterocycles. The van der Waals surface area contributed by atoms with E-state index in [9.17, 15) is 4.79 Å². The molecule has 0 bridgehead atoms. The van der Waals surface area contributed by atoms with Crippen LogP contribution in [0, 0.1) is 20.8 Å². The molecule has 2 rings (SSSR count). The zero-order valence-corrected chi connectivity index (χ0v) is 13.6. The quantitative estimate of drug-likeness (QED) is 0.863. The molecule has 0 saturated carbocycles. The minimum atomic E-state index is -0.194. The van der Waals surface area contributed by atoms with Crippen LogP contribution >= 0.6 is 11.8 Å². The van der Waals surface area contributed by atoms with Crippen LogP contribution < -0.4 is 5.32 Å². The van der Waals surface area contributed by atoms with Gasteiger partial charge >= 0.3 is 0 Å². The minimum absolute atomic E-state index is 0.00363. The zero-order valence-electron chi connectivity index (χ0n) is 12.8. The molecule has 1 atom stereocenters. The largest absolute Gasteiger partial charge is 0.325 e. The normalized spacial score (nSPS) is 12.0. The van der Waals surface area contributed by atoms with Crippen LogP contribution in [0.4, 0.5) is 5.69 Å². The number of pyridine rings is 1. The lowest BCUT2D eigenvalue weighted by Gasteiger charge is -2.13. The lowest BCUT2D eigenvalue weighted by atomic mass is 10.1. The van der Waals surface area contributed by atoms with Crippen LogP contribution in [0.25, 0.3) is 0 Å². The molecule has 1 heterocycles. The SMILES string of the molecule is Cc1ccc(SC(C)C(=O)Nc2cc(C)ccc2C)nc1. The molecule has 1 N–H and O–H groups in total. The summed E-state index contributed by atoms with van der Waals surface area (Å²) in [5.41, 5.74) is 4.20. The smallest absolute Gasteiger partial charge is 0.237 e. The third kappa shape index (κ3) is 4.33. The summed E-state index contributed by atoms with van der Waals surface area (Å²) in [4.78, 5) is 16.6. The van der Waals surface area contributed by atoms with E-state index in [0.717, 1.165) is 27.4 Å². The van der Waals surface area contributed by atoms with Crippen LogP contribution in [0.3, 0.4) is 0 Å². The fourth-order valence-electron chi connectivity index (χ4n) is 1.86. The van der Waals surface area contributed by atoms with Gasteiger partial charge in [0.2, 0.25) is 5.91 Å². The fourth-order valence-corrected chi connectivity index (χ4v) is 2.65. The molecule has 1 amide bonds. The summed E-state index contributed by atoms with van der Waals surface area (Å²) < 4.78 is 0. The monoisotopic (exact) mass is 300 g/mol. The van der Waals surface area contributed by atoms with E-state index in [1.165, 1.54) is 11.8 Å². The van der Waals surface area contributed by atoms with Crippen molar-refractivity contribution in [1.29, 1.82) is 0 Å². The second-order valence-electron chi connectivity index (χ2n) is 5.24. The van der Waals surface area contributed by atoms with Gasteiger partial charge in [-0.15, -0.1) is 0 Å². The Morgan fingerprint density at radius 1 is 1.14 bits per heavy atom. The van der Waals surface area contributed by atoms with Gasteiger partial charge in [-0.25, -0.2) is 4.98 Å². The Hall–Kier alpha value is -1.81. The van der Waals surface area contributed by atoms with Crippen LogP contribution in [0.2, 0.25) is 0 Å². The Morgan fingerprint density at radius 2 is 1.86 bits per heavy atom. The van der Waals surface area contributed by atoms with Crippen molar-refractivity contribution in [2.75, 3.05) is 5.32 Å². The summed E-state index contributed by atoms with van der Waals surface area (Å²) in [6, 6.07) is 10.0. The molecule has 21 heavy (non-hydrogen) atoms. The van der Waals surface area contributed by atoms with Gasteiger partial charge in [-0.2, -0.15) is 0 Å². The molecule has 0 spiro atoms. The first-order chi connectivity index (χ1) is 9.95. The summed E-state index contributed by atoms with van der Waals surface area (Å²) in [6.07, 6.45) is 1.82. The number of hydrogen-bond donors (Lipinski definition) is 1. The number of aryl methyl sites for hydroxylation is 3. The van der Waals surface area contributed by atoms with Gasteiger partial charge in [-0.1, -0.05) is 30.0 Å². The van der Waals surface area contributed by atoms with Gasteiger partial charge in [0, 0.05) is 11.9 Å². The first kappa shape index (κ1) is 15.6. The Morgan fingerprint density at radius 3 is 2.52 bits per heavy atom. The molecule has 3 nitrogen and oxygen atoms in total. The number of thioether (sulfide) groups is 1. The van der Waals surface area contributed by atoms with Crippen molar-refractivity contribution in [2.24, 2.45) is 0 Å². The Bertz CT molecular complexity index is 638. The molecule has 1 aromatic carbocycles. The van der Waals surface area contributed by atoms with Crippen molar-refractivity contribution in [3.63, 3.8) is 0 Å². The zero-order chi connectivity index (χ0) is 15.4. The molecule has 0 aliphatic carbocycles. The van der Waals surface area contributed by atoms with E-state index in [1.807, 2.05) is 64.2 Å². The predicted octanol–water partition coefficient (Wildman–Crippen LogP) is 4.13. The molecular formula is C17H20N2OS. The van der Waals surface area contributed by atoms with Crippen LogP contribution in [-0.4, -0.2) is 16.1 Å². The van der Waals surface area contributed by atoms with Crippen molar-refractivity contribution < 1.29 is 4.79 Å². The number of carbonyl (C=O) groups is 1. The third-order valence-corrected chi connectivity index (χ3v) is 4.25. The highest BCUT2D eigenvalue weighted by Gasteiger charge is 2.16. The number of amides is 1. The lowest BCUT2D eigenvalue weighted by Crippen LogP contribution is -2.23. The van der Waals surface area contributed by atoms with E-state index in [2.05, 4.69) is 10.3 Å². The van der Waals surface area contributed by atoms with Gasteiger partial charge in [0.1, 0.15) is 0 Å². The minimum Gasteiger partial charge on any atom is -0.325 e. The molecule has 1 unspecified atom stereocenters. The molecule has 4 heteroatoms. The predicted molar refractivity (Wildman–Crippen MR) is 88.8 cm³/mol. The lowest BCUT2D eigenvalue weighted by molar-refractivity contribution is -0.115. The maximum absolute atomic E-state index is 12.3. The van der Waals surface area contributed by atoms with E-state index < -0.39 is 0 Å². The number of rotatable bonds is 4. The average molecular weight is 300 g/mol. The second-order valence-corrected chi connectivity index (χ2v) is 6.60. The summed E-state index contributed by atoms with van der Waals surface area (Å²) in [5.74, 6) is -0.00363. The summed E-state index contributed by atoms with van der Waals surface area (Å²) in [5, 5.41) is 3.67. The van der Waals surface area contributed by atoms with E-state index in [0.29, 0.717) is 0 Å². The van der Waals surface area contributed by atoms with E-state index in [-0.39, 0.29) is 11.2 Å². The molecule has 0 fully saturated rings. The molecule has 0 aliphatic rings. The maximum atomic E-state index is 12.3.